The van der Waals surface area contributed by atoms with Gasteiger partial charge in [-0.2, -0.15) is 0 Å². The van der Waals surface area contributed by atoms with Gasteiger partial charge in [0.25, 0.3) is 0 Å². The summed E-state index contributed by atoms with van der Waals surface area (Å²) in [6.07, 6.45) is 3.03. The Balaban J connectivity index is 2.48. The molecule has 0 unspecified atom stereocenters. The molecule has 1 rings (SSSR count). The lowest BCUT2D eigenvalue weighted by Crippen LogP contribution is -2.37. The molecule has 0 aromatic heterocycles. The minimum absolute atomic E-state index is 0.189. The zero-order chi connectivity index (χ0) is 12.9. The first-order chi connectivity index (χ1) is 7.87. The second-order valence-electron chi connectivity index (χ2n) is 4.46. The number of amides is 1. The Hall–Kier alpha value is -1.81. The van der Waals surface area contributed by atoms with Crippen molar-refractivity contribution in [2.24, 2.45) is 0 Å². The third-order valence-electron chi connectivity index (χ3n) is 2.02. The average molecular weight is 235 g/mol. The van der Waals surface area contributed by atoms with Crippen LogP contribution in [-0.4, -0.2) is 28.3 Å². The molecule has 92 valence electrons. The van der Waals surface area contributed by atoms with Crippen molar-refractivity contribution in [1.29, 1.82) is 0 Å². The minimum Gasteiger partial charge on any atom is -0.508 e. The first kappa shape index (κ1) is 13.3. The molecule has 0 spiro atoms. The summed E-state index contributed by atoms with van der Waals surface area (Å²) < 4.78 is 0. The number of hydrogen-bond donors (Lipinski definition) is 3. The zero-order valence-corrected chi connectivity index (χ0v) is 9.97. The molecular weight excluding hydrogens is 218 g/mol. The Bertz CT molecular complexity index is 402. The van der Waals surface area contributed by atoms with E-state index in [-0.39, 0.29) is 18.2 Å². The molecule has 4 nitrogen and oxygen atoms in total. The molecule has 1 aromatic rings. The highest BCUT2D eigenvalue weighted by Gasteiger charge is 2.12. The first-order valence-corrected chi connectivity index (χ1v) is 5.34. The normalized spacial score (nSPS) is 11.7. The highest BCUT2D eigenvalue weighted by Crippen LogP contribution is 2.10. The van der Waals surface area contributed by atoms with E-state index < -0.39 is 5.60 Å². The van der Waals surface area contributed by atoms with E-state index in [1.165, 1.54) is 6.08 Å². The van der Waals surface area contributed by atoms with Gasteiger partial charge in [0.05, 0.1) is 5.60 Å². The van der Waals surface area contributed by atoms with Gasteiger partial charge in [-0.1, -0.05) is 12.1 Å². The van der Waals surface area contributed by atoms with Crippen molar-refractivity contribution in [1.82, 2.24) is 5.32 Å². The minimum atomic E-state index is -0.915. The van der Waals surface area contributed by atoms with Crippen LogP contribution in [0, 0.1) is 0 Å². The fraction of sp³-hybridized carbons (Fsp3) is 0.308. The summed E-state index contributed by atoms with van der Waals surface area (Å²) >= 11 is 0. The van der Waals surface area contributed by atoms with E-state index in [4.69, 9.17) is 5.11 Å². The molecule has 0 heterocycles. The van der Waals surface area contributed by atoms with E-state index in [0.717, 1.165) is 5.56 Å². The molecular formula is C13H17NO3. The Labute approximate surface area is 101 Å². The summed E-state index contributed by atoms with van der Waals surface area (Å²) in [5.74, 6) is -0.0752. The quantitative estimate of drug-likeness (QED) is 0.689. The molecule has 0 saturated heterocycles. The Morgan fingerprint density at radius 3 is 2.47 bits per heavy atom. The highest BCUT2D eigenvalue weighted by molar-refractivity contribution is 5.91. The molecule has 17 heavy (non-hydrogen) atoms. The van der Waals surface area contributed by atoms with Crippen molar-refractivity contribution in [3.63, 3.8) is 0 Å². The Morgan fingerprint density at radius 2 is 1.94 bits per heavy atom. The summed E-state index contributed by atoms with van der Waals surface area (Å²) in [4.78, 5) is 11.4. The topological polar surface area (TPSA) is 69.6 Å². The summed E-state index contributed by atoms with van der Waals surface area (Å²) in [6.45, 7) is 3.44. The number of carbonyl (C=O) groups excluding carboxylic acids is 1. The average Bonchev–Trinajstić information content (AvgIpc) is 2.25. The molecule has 0 fully saturated rings. The molecule has 0 saturated carbocycles. The Morgan fingerprint density at radius 1 is 1.35 bits per heavy atom. The van der Waals surface area contributed by atoms with Crippen molar-refractivity contribution < 1.29 is 15.0 Å². The molecule has 3 N–H and O–H groups in total. The number of phenolic OH excluding ortho intramolecular Hbond substituents is 1. The van der Waals surface area contributed by atoms with Crippen LogP contribution >= 0.6 is 0 Å². The van der Waals surface area contributed by atoms with Crippen LogP contribution in [-0.2, 0) is 4.79 Å². The van der Waals surface area contributed by atoms with Gasteiger partial charge in [0.2, 0.25) is 5.91 Å². The van der Waals surface area contributed by atoms with Crippen molar-refractivity contribution >= 4 is 12.0 Å². The lowest BCUT2D eigenvalue weighted by atomic mass is 10.1. The van der Waals surface area contributed by atoms with Gasteiger partial charge in [-0.15, -0.1) is 0 Å². The Kier molecular flexibility index (Phi) is 4.29. The van der Waals surface area contributed by atoms with Gasteiger partial charge in [-0.25, -0.2) is 0 Å². The van der Waals surface area contributed by atoms with Crippen molar-refractivity contribution in [2.45, 2.75) is 19.4 Å². The van der Waals surface area contributed by atoms with E-state index in [1.54, 1.807) is 44.2 Å². The van der Waals surface area contributed by atoms with Crippen LogP contribution in [0.3, 0.4) is 0 Å². The third-order valence-corrected chi connectivity index (χ3v) is 2.02. The lowest BCUT2D eigenvalue weighted by Gasteiger charge is -2.16. The summed E-state index contributed by atoms with van der Waals surface area (Å²) in [5.41, 5.74) is -0.0941. The lowest BCUT2D eigenvalue weighted by molar-refractivity contribution is -0.117. The number of rotatable bonds is 4. The molecule has 0 bridgehead atoms. The van der Waals surface area contributed by atoms with Gasteiger partial charge in [0.15, 0.2) is 0 Å². The maximum absolute atomic E-state index is 11.4. The van der Waals surface area contributed by atoms with E-state index in [9.17, 15) is 9.90 Å². The van der Waals surface area contributed by atoms with Gasteiger partial charge in [0.1, 0.15) is 5.75 Å². The first-order valence-electron chi connectivity index (χ1n) is 5.34. The van der Waals surface area contributed by atoms with Gasteiger partial charge in [0, 0.05) is 12.6 Å². The third kappa shape index (κ3) is 5.73. The predicted molar refractivity (Wildman–Crippen MR) is 66.4 cm³/mol. The number of aromatic hydroxyl groups is 1. The molecule has 1 amide bonds. The number of nitrogens with one attached hydrogen (secondary N) is 1. The van der Waals surface area contributed by atoms with Crippen LogP contribution < -0.4 is 5.32 Å². The number of hydrogen-bond acceptors (Lipinski definition) is 3. The van der Waals surface area contributed by atoms with Crippen LogP contribution in [0.4, 0.5) is 0 Å². The zero-order valence-electron chi connectivity index (χ0n) is 9.97. The van der Waals surface area contributed by atoms with E-state index in [2.05, 4.69) is 5.32 Å². The van der Waals surface area contributed by atoms with E-state index in [1.807, 2.05) is 0 Å². The van der Waals surface area contributed by atoms with Crippen LogP contribution in [0.15, 0.2) is 30.3 Å². The maximum atomic E-state index is 11.4. The number of carbonyl (C=O) groups is 1. The molecule has 0 aliphatic heterocycles. The van der Waals surface area contributed by atoms with Crippen LogP contribution in [0.25, 0.3) is 6.08 Å². The summed E-state index contributed by atoms with van der Waals surface area (Å²) in [5, 5.41) is 21.1. The van der Waals surface area contributed by atoms with Crippen molar-refractivity contribution in [3.8, 4) is 5.75 Å². The summed E-state index contributed by atoms with van der Waals surface area (Å²) in [7, 11) is 0. The molecule has 0 aliphatic carbocycles. The fourth-order valence-electron chi connectivity index (χ4n) is 1.12. The second-order valence-corrected chi connectivity index (χ2v) is 4.46. The molecule has 1 aromatic carbocycles. The number of benzene rings is 1. The van der Waals surface area contributed by atoms with Crippen LogP contribution in [0.2, 0.25) is 0 Å². The molecule has 0 radical (unpaired) electrons. The van der Waals surface area contributed by atoms with Gasteiger partial charge in [-0.3, -0.25) is 4.79 Å². The van der Waals surface area contributed by atoms with Crippen molar-refractivity contribution in [3.05, 3.63) is 35.9 Å². The van der Waals surface area contributed by atoms with Gasteiger partial charge >= 0.3 is 0 Å². The number of aliphatic hydroxyl groups is 1. The van der Waals surface area contributed by atoms with E-state index in [0.29, 0.717) is 0 Å². The second kappa shape index (κ2) is 5.50. The van der Waals surface area contributed by atoms with Crippen LogP contribution in [0.5, 0.6) is 5.75 Å². The predicted octanol–water partition coefficient (Wildman–Crippen LogP) is 1.29. The SMILES string of the molecule is CC(C)(O)CNC(=O)C=Cc1ccc(O)cc1. The van der Waals surface area contributed by atoms with Gasteiger partial charge < -0.3 is 15.5 Å². The largest absolute Gasteiger partial charge is 0.508 e. The fourth-order valence-corrected chi connectivity index (χ4v) is 1.12. The van der Waals surface area contributed by atoms with E-state index >= 15 is 0 Å². The highest BCUT2D eigenvalue weighted by atomic mass is 16.3. The monoisotopic (exact) mass is 235 g/mol. The molecule has 0 aliphatic rings. The van der Waals surface area contributed by atoms with Gasteiger partial charge in [-0.05, 0) is 37.6 Å². The van der Waals surface area contributed by atoms with Crippen LogP contribution in [0.1, 0.15) is 19.4 Å². The smallest absolute Gasteiger partial charge is 0.244 e. The molecule has 4 heteroatoms. The number of phenols is 1. The maximum Gasteiger partial charge on any atom is 0.244 e. The van der Waals surface area contributed by atoms with Crippen molar-refractivity contribution in [2.75, 3.05) is 6.54 Å². The standard InChI is InChI=1S/C13H17NO3/c1-13(2,17)9-14-12(16)8-5-10-3-6-11(15)7-4-10/h3-8,15,17H,9H2,1-2H3,(H,14,16). The molecule has 0 atom stereocenters. The summed E-state index contributed by atoms with van der Waals surface area (Å²) in [6, 6.07) is 6.51.